The van der Waals surface area contributed by atoms with Crippen LogP contribution in [0.3, 0.4) is 0 Å². The van der Waals surface area contributed by atoms with Gasteiger partial charge in [0, 0.05) is 22.5 Å². The van der Waals surface area contributed by atoms with Crippen LogP contribution in [0, 0.1) is 6.92 Å². The zero-order valence-corrected chi connectivity index (χ0v) is 11.9. The quantitative estimate of drug-likeness (QED) is 0.795. The van der Waals surface area contributed by atoms with Crippen LogP contribution in [0.5, 0.6) is 0 Å². The Balaban J connectivity index is 1.91. The van der Waals surface area contributed by atoms with Crippen LogP contribution < -0.4 is 5.32 Å². The molecular formula is C14H12BrN3O. The summed E-state index contributed by atoms with van der Waals surface area (Å²) in [7, 11) is 0. The molecule has 0 saturated carbocycles. The smallest absolute Gasteiger partial charge is 0.235 e. The van der Waals surface area contributed by atoms with Crippen molar-refractivity contribution in [3.8, 4) is 0 Å². The molecule has 0 bridgehead atoms. The molecule has 19 heavy (non-hydrogen) atoms. The van der Waals surface area contributed by atoms with E-state index in [-0.39, 0.29) is 0 Å². The molecule has 1 aromatic heterocycles. The number of rotatable bonds is 3. The number of anilines is 1. The minimum Gasteiger partial charge on any atom is -0.424 e. The molecule has 0 aliphatic rings. The predicted molar refractivity (Wildman–Crippen MR) is 78.0 cm³/mol. The molecule has 0 radical (unpaired) electrons. The lowest BCUT2D eigenvalue weighted by Gasteiger charge is -2.09. The summed E-state index contributed by atoms with van der Waals surface area (Å²) in [5.74, 6) is 1.17. The van der Waals surface area contributed by atoms with Gasteiger partial charge in [0.05, 0.1) is 6.54 Å². The lowest BCUT2D eigenvalue weighted by Crippen LogP contribution is -2.00. The Morgan fingerprint density at radius 1 is 1.11 bits per heavy atom. The number of halogens is 1. The van der Waals surface area contributed by atoms with Gasteiger partial charge in [-0.25, -0.2) is 0 Å². The lowest BCUT2D eigenvalue weighted by atomic mass is 10.1. The zero-order chi connectivity index (χ0) is 13.2. The van der Waals surface area contributed by atoms with Gasteiger partial charge in [0.15, 0.2) is 0 Å². The van der Waals surface area contributed by atoms with Gasteiger partial charge in [-0.1, -0.05) is 40.2 Å². The largest absolute Gasteiger partial charge is 0.424 e. The first-order valence-corrected chi connectivity index (χ1v) is 6.73. The maximum absolute atomic E-state index is 5.35. The van der Waals surface area contributed by atoms with Crippen LogP contribution in [-0.4, -0.2) is 10.2 Å². The Bertz CT molecular complexity index is 724. The van der Waals surface area contributed by atoms with Gasteiger partial charge in [-0.05, 0) is 17.5 Å². The molecule has 0 atom stereocenters. The second-order valence-corrected chi connectivity index (χ2v) is 5.06. The van der Waals surface area contributed by atoms with E-state index >= 15 is 0 Å². The van der Waals surface area contributed by atoms with E-state index in [1.807, 2.05) is 24.3 Å². The minimum atomic E-state index is 0.520. The van der Waals surface area contributed by atoms with Crippen molar-refractivity contribution in [3.05, 3.63) is 52.7 Å². The Labute approximate surface area is 119 Å². The van der Waals surface area contributed by atoms with Crippen LogP contribution in [0.2, 0.25) is 0 Å². The van der Waals surface area contributed by atoms with E-state index < -0.39 is 0 Å². The Morgan fingerprint density at radius 3 is 2.63 bits per heavy atom. The van der Waals surface area contributed by atoms with Gasteiger partial charge >= 0.3 is 0 Å². The Morgan fingerprint density at radius 2 is 1.89 bits per heavy atom. The fraction of sp³-hybridized carbons (Fsp3) is 0.143. The van der Waals surface area contributed by atoms with Gasteiger partial charge in [0.25, 0.3) is 0 Å². The van der Waals surface area contributed by atoms with E-state index in [4.69, 9.17) is 4.42 Å². The molecule has 2 aromatic carbocycles. The second-order valence-electron chi connectivity index (χ2n) is 4.21. The van der Waals surface area contributed by atoms with Gasteiger partial charge in [-0.3, -0.25) is 0 Å². The molecule has 0 aliphatic heterocycles. The SMILES string of the molecule is Cc1nnc(CNc2ccc(Br)c3ccccc23)o1. The van der Waals surface area contributed by atoms with E-state index in [0.717, 1.165) is 15.5 Å². The number of fused-ring (bicyclic) bond motifs is 1. The standard InChI is InChI=1S/C14H12BrN3O/c1-9-17-18-14(19-9)8-16-13-7-6-12(15)10-4-2-3-5-11(10)13/h2-7,16H,8H2,1H3. The van der Waals surface area contributed by atoms with E-state index in [1.165, 1.54) is 5.39 Å². The fourth-order valence-corrected chi connectivity index (χ4v) is 2.47. The van der Waals surface area contributed by atoms with Crippen molar-refractivity contribution in [2.75, 3.05) is 5.32 Å². The molecular weight excluding hydrogens is 306 g/mol. The molecule has 1 heterocycles. The molecule has 3 rings (SSSR count). The van der Waals surface area contributed by atoms with Gasteiger partial charge < -0.3 is 9.73 Å². The first-order valence-electron chi connectivity index (χ1n) is 5.94. The van der Waals surface area contributed by atoms with E-state index in [2.05, 4.69) is 43.6 Å². The van der Waals surface area contributed by atoms with E-state index in [0.29, 0.717) is 18.3 Å². The topological polar surface area (TPSA) is 51.0 Å². The minimum absolute atomic E-state index is 0.520. The average Bonchev–Trinajstić information content (AvgIpc) is 2.84. The van der Waals surface area contributed by atoms with Crippen LogP contribution in [0.15, 0.2) is 45.3 Å². The third kappa shape index (κ3) is 2.46. The number of aromatic nitrogens is 2. The highest BCUT2D eigenvalue weighted by Gasteiger charge is 2.06. The first kappa shape index (κ1) is 12.2. The van der Waals surface area contributed by atoms with E-state index in [9.17, 15) is 0 Å². The van der Waals surface area contributed by atoms with E-state index in [1.54, 1.807) is 6.92 Å². The molecule has 3 aromatic rings. The number of hydrogen-bond acceptors (Lipinski definition) is 4. The monoisotopic (exact) mass is 317 g/mol. The van der Waals surface area contributed by atoms with Crippen molar-refractivity contribution in [2.24, 2.45) is 0 Å². The highest BCUT2D eigenvalue weighted by Crippen LogP contribution is 2.30. The molecule has 0 aliphatic carbocycles. The summed E-state index contributed by atoms with van der Waals surface area (Å²) in [6, 6.07) is 12.3. The Hall–Kier alpha value is -1.88. The lowest BCUT2D eigenvalue weighted by molar-refractivity contribution is 0.475. The summed E-state index contributed by atoms with van der Waals surface area (Å²) in [4.78, 5) is 0. The van der Waals surface area contributed by atoms with Crippen LogP contribution >= 0.6 is 15.9 Å². The maximum Gasteiger partial charge on any atom is 0.235 e. The average molecular weight is 318 g/mol. The summed E-state index contributed by atoms with van der Waals surface area (Å²) < 4.78 is 6.43. The second kappa shape index (κ2) is 5.01. The van der Waals surface area contributed by atoms with Gasteiger partial charge in [-0.15, -0.1) is 10.2 Å². The summed E-state index contributed by atoms with van der Waals surface area (Å²) >= 11 is 3.56. The third-order valence-corrected chi connectivity index (χ3v) is 3.56. The van der Waals surface area contributed by atoms with Crippen molar-refractivity contribution < 1.29 is 4.42 Å². The molecule has 0 saturated heterocycles. The fourth-order valence-electron chi connectivity index (χ4n) is 2.00. The number of nitrogens with zero attached hydrogens (tertiary/aromatic N) is 2. The van der Waals surface area contributed by atoms with Crippen molar-refractivity contribution in [3.63, 3.8) is 0 Å². The first-order chi connectivity index (χ1) is 9.24. The van der Waals surface area contributed by atoms with Gasteiger partial charge in [-0.2, -0.15) is 0 Å². The number of hydrogen-bond donors (Lipinski definition) is 1. The number of aryl methyl sites for hydroxylation is 1. The maximum atomic E-state index is 5.35. The zero-order valence-electron chi connectivity index (χ0n) is 10.4. The number of nitrogens with one attached hydrogen (secondary N) is 1. The van der Waals surface area contributed by atoms with Crippen LogP contribution in [0.25, 0.3) is 10.8 Å². The molecule has 0 amide bonds. The van der Waals surface area contributed by atoms with Crippen LogP contribution in [0.1, 0.15) is 11.8 Å². The summed E-state index contributed by atoms with van der Waals surface area (Å²) in [5, 5.41) is 13.4. The third-order valence-electron chi connectivity index (χ3n) is 2.87. The van der Waals surface area contributed by atoms with Crippen molar-refractivity contribution in [1.82, 2.24) is 10.2 Å². The molecule has 4 nitrogen and oxygen atoms in total. The molecule has 0 fully saturated rings. The molecule has 1 N–H and O–H groups in total. The normalized spacial score (nSPS) is 10.8. The van der Waals surface area contributed by atoms with Crippen LogP contribution in [0.4, 0.5) is 5.69 Å². The van der Waals surface area contributed by atoms with Crippen molar-refractivity contribution in [2.45, 2.75) is 13.5 Å². The summed E-state index contributed by atoms with van der Waals surface area (Å²) in [6.07, 6.45) is 0. The summed E-state index contributed by atoms with van der Waals surface area (Å²) in [6.45, 7) is 2.30. The number of benzene rings is 2. The van der Waals surface area contributed by atoms with Crippen molar-refractivity contribution in [1.29, 1.82) is 0 Å². The van der Waals surface area contributed by atoms with Crippen LogP contribution in [-0.2, 0) is 6.54 Å². The highest BCUT2D eigenvalue weighted by atomic mass is 79.9. The van der Waals surface area contributed by atoms with Gasteiger partial charge in [0.1, 0.15) is 0 Å². The molecule has 5 heteroatoms. The molecule has 0 unspecified atom stereocenters. The van der Waals surface area contributed by atoms with Gasteiger partial charge in [0.2, 0.25) is 11.8 Å². The highest BCUT2D eigenvalue weighted by molar-refractivity contribution is 9.10. The predicted octanol–water partition coefficient (Wildman–Crippen LogP) is 3.91. The molecule has 0 spiro atoms. The summed E-state index contributed by atoms with van der Waals surface area (Å²) in [5.41, 5.74) is 1.05. The van der Waals surface area contributed by atoms with Crippen molar-refractivity contribution >= 4 is 32.4 Å². The Kier molecular flexibility index (Phi) is 3.21. The molecule has 96 valence electrons.